The Hall–Kier alpha value is -2.27. The number of hydrogen-bond donors (Lipinski definition) is 0. The second kappa shape index (κ2) is 7.53. The number of nitro benzene ring substituents is 1. The number of halogens is 1. The van der Waals surface area contributed by atoms with E-state index in [2.05, 4.69) is 4.90 Å². The van der Waals surface area contributed by atoms with E-state index < -0.39 is 0 Å². The summed E-state index contributed by atoms with van der Waals surface area (Å²) in [5.41, 5.74) is 2.31. The van der Waals surface area contributed by atoms with Crippen molar-refractivity contribution in [3.63, 3.8) is 0 Å². The Morgan fingerprint density at radius 1 is 1.08 bits per heavy atom. The van der Waals surface area contributed by atoms with Crippen molar-refractivity contribution in [1.29, 1.82) is 0 Å². The van der Waals surface area contributed by atoms with Crippen molar-refractivity contribution >= 4 is 5.69 Å². The van der Waals surface area contributed by atoms with Crippen molar-refractivity contribution in [1.82, 2.24) is 4.90 Å². The minimum absolute atomic E-state index is 0.132. The highest BCUT2D eigenvalue weighted by Gasteiger charge is 2.20. The molecule has 1 aliphatic rings. The highest BCUT2D eigenvalue weighted by atomic mass is 19.1. The SMILES string of the molecule is O=[N+]([O-])c1ccc(CN2CCC(Cc3cccc(F)c3)CC2)cc1. The molecule has 0 bridgehead atoms. The smallest absolute Gasteiger partial charge is 0.269 e. The van der Waals surface area contributed by atoms with Crippen LogP contribution in [0.1, 0.15) is 24.0 Å². The first-order chi connectivity index (χ1) is 11.6. The quantitative estimate of drug-likeness (QED) is 0.611. The van der Waals surface area contributed by atoms with E-state index in [1.807, 2.05) is 18.2 Å². The number of benzene rings is 2. The summed E-state index contributed by atoms with van der Waals surface area (Å²) >= 11 is 0. The fourth-order valence-electron chi connectivity index (χ4n) is 3.33. The van der Waals surface area contributed by atoms with E-state index in [1.54, 1.807) is 24.3 Å². The van der Waals surface area contributed by atoms with Crippen molar-refractivity contribution < 1.29 is 9.31 Å². The summed E-state index contributed by atoms with van der Waals surface area (Å²) in [6.07, 6.45) is 3.14. The lowest BCUT2D eigenvalue weighted by molar-refractivity contribution is -0.384. The second-order valence-corrected chi connectivity index (χ2v) is 6.48. The summed E-state index contributed by atoms with van der Waals surface area (Å²) in [6.45, 7) is 2.85. The largest absolute Gasteiger partial charge is 0.299 e. The van der Waals surface area contributed by atoms with Crippen molar-refractivity contribution in [3.05, 3.63) is 75.6 Å². The third kappa shape index (κ3) is 4.38. The van der Waals surface area contributed by atoms with Gasteiger partial charge in [0.1, 0.15) is 5.82 Å². The Balaban J connectivity index is 1.49. The molecule has 0 N–H and O–H groups in total. The van der Waals surface area contributed by atoms with Crippen LogP contribution in [0.4, 0.5) is 10.1 Å². The lowest BCUT2D eigenvalue weighted by Gasteiger charge is -2.32. The standard InChI is InChI=1S/C19H21FN2O2/c20-18-3-1-2-17(13-18)12-15-8-10-21(11-9-15)14-16-4-6-19(7-5-16)22(23)24/h1-7,13,15H,8-12,14H2. The van der Waals surface area contributed by atoms with Crippen LogP contribution in [-0.4, -0.2) is 22.9 Å². The Morgan fingerprint density at radius 2 is 1.79 bits per heavy atom. The van der Waals surface area contributed by atoms with E-state index in [9.17, 15) is 14.5 Å². The van der Waals surface area contributed by atoms with E-state index >= 15 is 0 Å². The summed E-state index contributed by atoms with van der Waals surface area (Å²) in [6, 6.07) is 13.7. The third-order valence-electron chi connectivity index (χ3n) is 4.67. The Labute approximate surface area is 141 Å². The summed E-state index contributed by atoms with van der Waals surface area (Å²) in [5, 5.41) is 10.7. The van der Waals surface area contributed by atoms with Gasteiger partial charge in [-0.05, 0) is 61.5 Å². The third-order valence-corrected chi connectivity index (χ3v) is 4.67. The van der Waals surface area contributed by atoms with Gasteiger partial charge in [0.05, 0.1) is 4.92 Å². The highest BCUT2D eigenvalue weighted by Crippen LogP contribution is 2.23. The minimum Gasteiger partial charge on any atom is -0.299 e. The van der Waals surface area contributed by atoms with Crippen LogP contribution in [0, 0.1) is 21.8 Å². The molecule has 0 atom stereocenters. The zero-order chi connectivity index (χ0) is 16.9. The molecule has 5 heteroatoms. The van der Waals surface area contributed by atoms with Gasteiger partial charge in [-0.2, -0.15) is 0 Å². The molecule has 1 fully saturated rings. The molecule has 3 rings (SSSR count). The number of hydrogen-bond acceptors (Lipinski definition) is 3. The van der Waals surface area contributed by atoms with Gasteiger partial charge in [-0.1, -0.05) is 24.3 Å². The summed E-state index contributed by atoms with van der Waals surface area (Å²) in [5.74, 6) is 0.433. The van der Waals surface area contributed by atoms with Crippen LogP contribution in [0.3, 0.4) is 0 Å². The molecule has 1 saturated heterocycles. The van der Waals surface area contributed by atoms with Gasteiger partial charge in [-0.3, -0.25) is 15.0 Å². The fraction of sp³-hybridized carbons (Fsp3) is 0.368. The topological polar surface area (TPSA) is 46.4 Å². The zero-order valence-corrected chi connectivity index (χ0v) is 13.5. The second-order valence-electron chi connectivity index (χ2n) is 6.48. The van der Waals surface area contributed by atoms with Crippen LogP contribution >= 0.6 is 0 Å². The van der Waals surface area contributed by atoms with E-state index in [4.69, 9.17) is 0 Å². The maximum absolute atomic E-state index is 13.3. The summed E-state index contributed by atoms with van der Waals surface area (Å²) in [7, 11) is 0. The maximum Gasteiger partial charge on any atom is 0.269 e. The monoisotopic (exact) mass is 328 g/mol. The van der Waals surface area contributed by atoms with Gasteiger partial charge in [-0.25, -0.2) is 4.39 Å². The molecule has 1 aliphatic heterocycles. The lowest BCUT2D eigenvalue weighted by atomic mass is 9.90. The molecular weight excluding hydrogens is 307 g/mol. The zero-order valence-electron chi connectivity index (χ0n) is 13.5. The van der Waals surface area contributed by atoms with Gasteiger partial charge in [0.2, 0.25) is 0 Å². The Morgan fingerprint density at radius 3 is 2.42 bits per heavy atom. The number of rotatable bonds is 5. The van der Waals surface area contributed by atoms with Gasteiger partial charge in [-0.15, -0.1) is 0 Å². The summed E-state index contributed by atoms with van der Waals surface area (Å²) in [4.78, 5) is 12.7. The molecule has 4 nitrogen and oxygen atoms in total. The molecule has 126 valence electrons. The van der Waals surface area contributed by atoms with Crippen molar-refractivity contribution in [2.24, 2.45) is 5.92 Å². The molecule has 0 unspecified atom stereocenters. The van der Waals surface area contributed by atoms with Crippen molar-refractivity contribution in [2.45, 2.75) is 25.8 Å². The van der Waals surface area contributed by atoms with Gasteiger partial charge in [0.15, 0.2) is 0 Å². The van der Waals surface area contributed by atoms with Gasteiger partial charge in [0.25, 0.3) is 5.69 Å². The Kier molecular flexibility index (Phi) is 5.20. The predicted octanol–water partition coefficient (Wildman–Crippen LogP) is 4.19. The average molecular weight is 328 g/mol. The maximum atomic E-state index is 13.3. The molecule has 0 aromatic heterocycles. The molecule has 0 spiro atoms. The van der Waals surface area contributed by atoms with Crippen LogP contribution < -0.4 is 0 Å². The number of nitro groups is 1. The van der Waals surface area contributed by atoms with Gasteiger partial charge < -0.3 is 0 Å². The van der Waals surface area contributed by atoms with Crippen LogP contribution in [0.2, 0.25) is 0 Å². The number of piperidine rings is 1. The van der Waals surface area contributed by atoms with Crippen LogP contribution in [0.15, 0.2) is 48.5 Å². The molecule has 0 radical (unpaired) electrons. The average Bonchev–Trinajstić information content (AvgIpc) is 2.57. The first kappa shape index (κ1) is 16.6. The van der Waals surface area contributed by atoms with E-state index in [-0.39, 0.29) is 16.4 Å². The molecule has 2 aromatic rings. The van der Waals surface area contributed by atoms with Gasteiger partial charge >= 0.3 is 0 Å². The molecule has 0 saturated carbocycles. The van der Waals surface area contributed by atoms with Crippen LogP contribution in [-0.2, 0) is 13.0 Å². The molecule has 2 aromatic carbocycles. The summed E-state index contributed by atoms with van der Waals surface area (Å²) < 4.78 is 13.3. The first-order valence-electron chi connectivity index (χ1n) is 8.30. The fourth-order valence-corrected chi connectivity index (χ4v) is 3.33. The van der Waals surface area contributed by atoms with E-state index in [0.717, 1.165) is 50.0 Å². The van der Waals surface area contributed by atoms with E-state index in [1.165, 1.54) is 6.07 Å². The molecule has 0 amide bonds. The van der Waals surface area contributed by atoms with Gasteiger partial charge in [0, 0.05) is 18.7 Å². The normalized spacial score (nSPS) is 16.2. The van der Waals surface area contributed by atoms with Crippen molar-refractivity contribution in [3.8, 4) is 0 Å². The Bertz CT molecular complexity index is 695. The highest BCUT2D eigenvalue weighted by molar-refractivity contribution is 5.32. The number of non-ortho nitro benzene ring substituents is 1. The number of likely N-dealkylation sites (tertiary alicyclic amines) is 1. The molecule has 0 aliphatic carbocycles. The van der Waals surface area contributed by atoms with E-state index in [0.29, 0.717) is 5.92 Å². The minimum atomic E-state index is -0.373. The first-order valence-corrected chi connectivity index (χ1v) is 8.30. The number of nitrogens with zero attached hydrogens (tertiary/aromatic N) is 2. The molecule has 1 heterocycles. The molecule has 24 heavy (non-hydrogen) atoms. The van der Waals surface area contributed by atoms with Crippen LogP contribution in [0.5, 0.6) is 0 Å². The van der Waals surface area contributed by atoms with Crippen LogP contribution in [0.25, 0.3) is 0 Å². The predicted molar refractivity (Wildman–Crippen MR) is 91.2 cm³/mol. The van der Waals surface area contributed by atoms with Crippen molar-refractivity contribution in [2.75, 3.05) is 13.1 Å². The lowest BCUT2D eigenvalue weighted by Crippen LogP contribution is -2.33. The molecular formula is C19H21FN2O2.